The van der Waals surface area contributed by atoms with Crippen LogP contribution in [0, 0.1) is 5.82 Å². The predicted molar refractivity (Wildman–Crippen MR) is 85.1 cm³/mol. The molecule has 2 nitrogen and oxygen atoms in total. The summed E-state index contributed by atoms with van der Waals surface area (Å²) in [5.74, 6) is -0.271. The Balaban J connectivity index is 2.02. The van der Waals surface area contributed by atoms with E-state index in [0.29, 0.717) is 10.2 Å². The first kappa shape index (κ1) is 13.3. The highest BCUT2D eigenvalue weighted by atomic mass is 79.9. The zero-order valence-electron chi connectivity index (χ0n) is 10.3. The lowest BCUT2D eigenvalue weighted by molar-refractivity contribution is 0.627. The summed E-state index contributed by atoms with van der Waals surface area (Å²) in [6, 6.07) is 12.2. The summed E-state index contributed by atoms with van der Waals surface area (Å²) >= 11 is 4.90. The van der Waals surface area contributed by atoms with Gasteiger partial charge in [-0.25, -0.2) is 9.37 Å². The summed E-state index contributed by atoms with van der Waals surface area (Å²) in [5.41, 5.74) is 9.17. The van der Waals surface area contributed by atoms with Gasteiger partial charge in [0.05, 0.1) is 5.69 Å². The van der Waals surface area contributed by atoms with Gasteiger partial charge in [-0.3, -0.25) is 0 Å². The van der Waals surface area contributed by atoms with Gasteiger partial charge in [0, 0.05) is 26.7 Å². The minimum atomic E-state index is -0.271. The normalized spacial score (nSPS) is 10.7. The summed E-state index contributed by atoms with van der Waals surface area (Å²) in [6.07, 6.45) is 0. The molecule has 0 spiro atoms. The van der Waals surface area contributed by atoms with Gasteiger partial charge in [0.15, 0.2) is 0 Å². The van der Waals surface area contributed by atoms with E-state index in [1.165, 1.54) is 23.5 Å². The Hall–Kier alpha value is -1.72. The first-order valence-corrected chi connectivity index (χ1v) is 7.57. The van der Waals surface area contributed by atoms with Crippen molar-refractivity contribution in [1.82, 2.24) is 4.98 Å². The Morgan fingerprint density at radius 2 is 2.00 bits per heavy atom. The van der Waals surface area contributed by atoms with Crippen LogP contribution >= 0.6 is 27.3 Å². The van der Waals surface area contributed by atoms with Gasteiger partial charge < -0.3 is 5.73 Å². The average Bonchev–Trinajstić information content (AvgIpc) is 2.88. The number of nitrogens with two attached hydrogens (primary N) is 1. The summed E-state index contributed by atoms with van der Waals surface area (Å²) in [5, 5.41) is 2.85. The lowest BCUT2D eigenvalue weighted by atomic mass is 10.1. The largest absolute Gasteiger partial charge is 0.399 e. The Labute approximate surface area is 128 Å². The van der Waals surface area contributed by atoms with Crippen molar-refractivity contribution in [2.24, 2.45) is 0 Å². The minimum Gasteiger partial charge on any atom is -0.399 e. The molecule has 3 aromatic rings. The number of nitrogen functional groups attached to an aromatic ring is 1. The van der Waals surface area contributed by atoms with Crippen molar-refractivity contribution in [3.63, 3.8) is 0 Å². The summed E-state index contributed by atoms with van der Waals surface area (Å²) < 4.78 is 13.8. The lowest BCUT2D eigenvalue weighted by Crippen LogP contribution is -1.85. The number of nitrogens with zero attached hydrogens (tertiary/aromatic N) is 1. The van der Waals surface area contributed by atoms with Gasteiger partial charge in [-0.1, -0.05) is 12.1 Å². The van der Waals surface area contributed by atoms with Crippen molar-refractivity contribution in [2.45, 2.75) is 0 Å². The maximum atomic E-state index is 13.1. The zero-order valence-corrected chi connectivity index (χ0v) is 12.7. The number of rotatable bonds is 2. The fourth-order valence-corrected chi connectivity index (χ4v) is 3.27. The fraction of sp³-hybridized carbons (Fsp3) is 0. The molecular formula is C15H10BrFN2S. The van der Waals surface area contributed by atoms with Crippen LogP contribution in [0.3, 0.4) is 0 Å². The van der Waals surface area contributed by atoms with Crippen molar-refractivity contribution in [2.75, 3.05) is 5.73 Å². The van der Waals surface area contributed by atoms with E-state index >= 15 is 0 Å². The van der Waals surface area contributed by atoms with Crippen LogP contribution in [0.1, 0.15) is 0 Å². The molecule has 1 aromatic heterocycles. The molecule has 0 saturated carbocycles. The molecule has 0 aliphatic carbocycles. The molecule has 100 valence electrons. The average molecular weight is 349 g/mol. The molecule has 0 unspecified atom stereocenters. The van der Waals surface area contributed by atoms with Crippen molar-refractivity contribution in [1.29, 1.82) is 0 Å². The van der Waals surface area contributed by atoms with Gasteiger partial charge in [-0.2, -0.15) is 0 Å². The molecule has 5 heteroatoms. The van der Waals surface area contributed by atoms with Crippen LogP contribution in [-0.4, -0.2) is 4.98 Å². The first-order valence-electron chi connectivity index (χ1n) is 5.90. The highest BCUT2D eigenvalue weighted by Gasteiger charge is 2.10. The van der Waals surface area contributed by atoms with E-state index in [4.69, 9.17) is 5.73 Å². The van der Waals surface area contributed by atoms with E-state index in [9.17, 15) is 4.39 Å². The van der Waals surface area contributed by atoms with E-state index < -0.39 is 0 Å². The van der Waals surface area contributed by atoms with Gasteiger partial charge in [0.25, 0.3) is 0 Å². The van der Waals surface area contributed by atoms with Crippen LogP contribution in [0.5, 0.6) is 0 Å². The summed E-state index contributed by atoms with van der Waals surface area (Å²) in [7, 11) is 0. The molecule has 20 heavy (non-hydrogen) atoms. The Morgan fingerprint density at radius 3 is 2.75 bits per heavy atom. The quantitative estimate of drug-likeness (QED) is 0.664. The molecule has 0 aliphatic heterocycles. The number of hydrogen-bond acceptors (Lipinski definition) is 3. The summed E-state index contributed by atoms with van der Waals surface area (Å²) in [6.45, 7) is 0. The third kappa shape index (κ3) is 2.59. The van der Waals surface area contributed by atoms with Gasteiger partial charge in [-0.05, 0) is 46.3 Å². The number of thiazole rings is 1. The lowest BCUT2D eigenvalue weighted by Gasteiger charge is -2.01. The van der Waals surface area contributed by atoms with E-state index in [1.54, 1.807) is 6.07 Å². The van der Waals surface area contributed by atoms with Gasteiger partial charge >= 0.3 is 0 Å². The number of benzene rings is 2. The number of anilines is 1. The predicted octanol–water partition coefficient (Wildman–Crippen LogP) is 4.96. The molecule has 0 bridgehead atoms. The van der Waals surface area contributed by atoms with Crippen molar-refractivity contribution in [3.05, 3.63) is 58.1 Å². The number of halogens is 2. The molecule has 2 aromatic carbocycles. The Morgan fingerprint density at radius 1 is 1.15 bits per heavy atom. The molecule has 0 atom stereocenters. The van der Waals surface area contributed by atoms with E-state index in [-0.39, 0.29) is 5.82 Å². The monoisotopic (exact) mass is 348 g/mol. The molecule has 0 saturated heterocycles. The van der Waals surface area contributed by atoms with Crippen LogP contribution in [0.4, 0.5) is 10.1 Å². The fourth-order valence-electron chi connectivity index (χ4n) is 1.90. The molecule has 3 rings (SSSR count). The Kier molecular flexibility index (Phi) is 3.54. The second kappa shape index (κ2) is 5.34. The van der Waals surface area contributed by atoms with Gasteiger partial charge in [-0.15, -0.1) is 11.3 Å². The SMILES string of the molecule is Nc1cccc(-c2nc(-c3ccc(F)cc3Br)cs2)c1. The first-order chi connectivity index (χ1) is 9.63. The molecule has 0 radical (unpaired) electrons. The molecular weight excluding hydrogens is 339 g/mol. The third-order valence-electron chi connectivity index (χ3n) is 2.84. The second-order valence-corrected chi connectivity index (χ2v) is 6.00. The molecule has 0 aliphatic rings. The molecule has 1 heterocycles. The van der Waals surface area contributed by atoms with Crippen LogP contribution < -0.4 is 5.73 Å². The smallest absolute Gasteiger partial charge is 0.124 e. The minimum absolute atomic E-state index is 0.271. The standard InChI is InChI=1S/C15H10BrFN2S/c16-13-7-10(17)4-5-12(13)14-8-20-15(19-14)9-2-1-3-11(18)6-9/h1-8H,18H2. The van der Waals surface area contributed by atoms with Crippen LogP contribution in [-0.2, 0) is 0 Å². The maximum Gasteiger partial charge on any atom is 0.124 e. The summed E-state index contributed by atoms with van der Waals surface area (Å²) in [4.78, 5) is 4.59. The third-order valence-corrected chi connectivity index (χ3v) is 4.39. The van der Waals surface area contributed by atoms with E-state index in [1.807, 2.05) is 29.6 Å². The van der Waals surface area contributed by atoms with Crippen LogP contribution in [0.2, 0.25) is 0 Å². The Bertz CT molecular complexity index is 770. The molecule has 0 amide bonds. The van der Waals surface area contributed by atoms with Gasteiger partial charge in [0.2, 0.25) is 0 Å². The zero-order chi connectivity index (χ0) is 14.1. The molecule has 0 fully saturated rings. The maximum absolute atomic E-state index is 13.1. The van der Waals surface area contributed by atoms with E-state index in [2.05, 4.69) is 20.9 Å². The van der Waals surface area contributed by atoms with Crippen molar-refractivity contribution in [3.8, 4) is 21.8 Å². The molecule has 2 N–H and O–H groups in total. The van der Waals surface area contributed by atoms with Crippen molar-refractivity contribution < 1.29 is 4.39 Å². The number of aromatic nitrogens is 1. The van der Waals surface area contributed by atoms with Crippen LogP contribution in [0.15, 0.2) is 52.3 Å². The topological polar surface area (TPSA) is 38.9 Å². The highest BCUT2D eigenvalue weighted by Crippen LogP contribution is 2.33. The van der Waals surface area contributed by atoms with Crippen LogP contribution in [0.25, 0.3) is 21.8 Å². The van der Waals surface area contributed by atoms with Gasteiger partial charge in [0.1, 0.15) is 10.8 Å². The second-order valence-electron chi connectivity index (χ2n) is 4.29. The van der Waals surface area contributed by atoms with Crippen molar-refractivity contribution >= 4 is 33.0 Å². The van der Waals surface area contributed by atoms with E-state index in [0.717, 1.165) is 21.8 Å². The highest BCUT2D eigenvalue weighted by molar-refractivity contribution is 9.10. The number of hydrogen-bond donors (Lipinski definition) is 1.